The fourth-order valence-electron chi connectivity index (χ4n) is 2.40. The molecule has 0 saturated heterocycles. The van der Waals surface area contributed by atoms with E-state index >= 15 is 0 Å². The van der Waals surface area contributed by atoms with Crippen LogP contribution in [0.1, 0.15) is 17.2 Å². The van der Waals surface area contributed by atoms with Gasteiger partial charge in [-0.15, -0.1) is 0 Å². The van der Waals surface area contributed by atoms with Gasteiger partial charge >= 0.3 is 6.03 Å². The topological polar surface area (TPSA) is 50.8 Å². The highest BCUT2D eigenvalue weighted by Gasteiger charge is 2.14. The second kappa shape index (κ2) is 8.93. The molecule has 0 aliphatic carbocycles. The molecule has 0 aliphatic heterocycles. The SMILES string of the molecule is COc1ccc(CN(C)C(=O)NCC(OC)c2ccccc2)cc1. The minimum Gasteiger partial charge on any atom is -0.497 e. The molecule has 0 radical (unpaired) electrons. The summed E-state index contributed by atoms with van der Waals surface area (Å²) in [6, 6.07) is 17.4. The van der Waals surface area contributed by atoms with Gasteiger partial charge in [0.05, 0.1) is 13.2 Å². The second-order valence-electron chi connectivity index (χ2n) is 5.53. The van der Waals surface area contributed by atoms with Crippen LogP contribution in [0.15, 0.2) is 54.6 Å². The number of carbonyl (C=O) groups is 1. The van der Waals surface area contributed by atoms with Crippen LogP contribution >= 0.6 is 0 Å². The lowest BCUT2D eigenvalue weighted by Gasteiger charge is -2.21. The van der Waals surface area contributed by atoms with Crippen LogP contribution in [0.3, 0.4) is 0 Å². The van der Waals surface area contributed by atoms with E-state index in [0.29, 0.717) is 13.1 Å². The average molecular weight is 328 g/mol. The molecule has 1 N–H and O–H groups in total. The van der Waals surface area contributed by atoms with Crippen molar-refractivity contribution in [1.82, 2.24) is 10.2 Å². The zero-order valence-electron chi connectivity index (χ0n) is 14.4. The number of carbonyl (C=O) groups excluding carboxylic acids is 1. The van der Waals surface area contributed by atoms with Crippen LogP contribution < -0.4 is 10.1 Å². The van der Waals surface area contributed by atoms with E-state index in [4.69, 9.17) is 9.47 Å². The molecule has 2 rings (SSSR count). The van der Waals surface area contributed by atoms with Crippen molar-refractivity contribution in [3.8, 4) is 5.75 Å². The number of amides is 2. The van der Waals surface area contributed by atoms with E-state index in [1.54, 1.807) is 26.2 Å². The number of methoxy groups -OCH3 is 2. The van der Waals surface area contributed by atoms with E-state index in [2.05, 4.69) is 5.32 Å². The van der Waals surface area contributed by atoms with Crippen molar-refractivity contribution < 1.29 is 14.3 Å². The van der Waals surface area contributed by atoms with E-state index in [-0.39, 0.29) is 12.1 Å². The molecular formula is C19H24N2O3. The Morgan fingerprint density at radius 3 is 2.33 bits per heavy atom. The summed E-state index contributed by atoms with van der Waals surface area (Å²) >= 11 is 0. The van der Waals surface area contributed by atoms with Gasteiger partial charge in [-0.1, -0.05) is 42.5 Å². The van der Waals surface area contributed by atoms with Crippen LogP contribution in [0.5, 0.6) is 5.75 Å². The number of hydrogen-bond donors (Lipinski definition) is 1. The standard InChI is InChI=1S/C19H24N2O3/c1-21(14-15-9-11-17(23-2)12-10-15)19(22)20-13-18(24-3)16-7-5-4-6-8-16/h4-12,18H,13-14H2,1-3H3,(H,20,22). The van der Waals surface area contributed by atoms with Gasteiger partial charge in [-0.2, -0.15) is 0 Å². The Kier molecular flexibility index (Phi) is 6.63. The first-order valence-electron chi connectivity index (χ1n) is 7.83. The molecule has 5 heteroatoms. The minimum absolute atomic E-state index is 0.135. The number of nitrogens with zero attached hydrogens (tertiary/aromatic N) is 1. The summed E-state index contributed by atoms with van der Waals surface area (Å²) in [4.78, 5) is 13.9. The van der Waals surface area contributed by atoms with Crippen LogP contribution in [-0.2, 0) is 11.3 Å². The first-order valence-corrected chi connectivity index (χ1v) is 7.83. The fraction of sp³-hybridized carbons (Fsp3) is 0.316. The Labute approximate surface area is 143 Å². The first-order chi connectivity index (χ1) is 11.6. The Morgan fingerprint density at radius 2 is 1.75 bits per heavy atom. The van der Waals surface area contributed by atoms with Crippen molar-refractivity contribution in [2.24, 2.45) is 0 Å². The van der Waals surface area contributed by atoms with Crippen molar-refractivity contribution >= 4 is 6.03 Å². The van der Waals surface area contributed by atoms with E-state index in [1.807, 2.05) is 54.6 Å². The van der Waals surface area contributed by atoms with Gasteiger partial charge in [-0.05, 0) is 23.3 Å². The Morgan fingerprint density at radius 1 is 1.08 bits per heavy atom. The van der Waals surface area contributed by atoms with Gasteiger partial charge in [0.2, 0.25) is 0 Å². The Balaban J connectivity index is 1.86. The van der Waals surface area contributed by atoms with Gasteiger partial charge in [-0.25, -0.2) is 4.79 Å². The molecule has 0 heterocycles. The monoisotopic (exact) mass is 328 g/mol. The predicted octanol–water partition coefficient (Wildman–Crippen LogP) is 3.22. The Hall–Kier alpha value is -2.53. The van der Waals surface area contributed by atoms with E-state index in [1.165, 1.54) is 0 Å². The quantitative estimate of drug-likeness (QED) is 0.849. The van der Waals surface area contributed by atoms with Crippen molar-refractivity contribution in [2.45, 2.75) is 12.6 Å². The molecule has 2 aromatic carbocycles. The molecule has 5 nitrogen and oxygen atoms in total. The molecule has 0 saturated carbocycles. The number of benzene rings is 2. The van der Waals surface area contributed by atoms with Crippen LogP contribution in [0.2, 0.25) is 0 Å². The third-order valence-corrected chi connectivity index (χ3v) is 3.82. The molecule has 1 unspecified atom stereocenters. The number of nitrogens with one attached hydrogen (secondary N) is 1. The summed E-state index contributed by atoms with van der Waals surface area (Å²) in [5, 5.41) is 2.91. The maximum absolute atomic E-state index is 12.3. The summed E-state index contributed by atoms with van der Waals surface area (Å²) in [6.07, 6.45) is -0.162. The molecule has 0 bridgehead atoms. The van der Waals surface area contributed by atoms with Gasteiger partial charge in [0.15, 0.2) is 0 Å². The molecule has 24 heavy (non-hydrogen) atoms. The molecule has 2 amide bonds. The molecule has 0 aliphatic rings. The first kappa shape index (κ1) is 17.8. The van der Waals surface area contributed by atoms with E-state index in [9.17, 15) is 4.79 Å². The lowest BCUT2D eigenvalue weighted by Crippen LogP contribution is -2.39. The minimum atomic E-state index is -0.162. The van der Waals surface area contributed by atoms with Crippen LogP contribution in [0.25, 0.3) is 0 Å². The van der Waals surface area contributed by atoms with Gasteiger partial charge < -0.3 is 19.7 Å². The highest BCUT2D eigenvalue weighted by Crippen LogP contribution is 2.15. The third kappa shape index (κ3) is 4.99. The highest BCUT2D eigenvalue weighted by atomic mass is 16.5. The maximum atomic E-state index is 12.3. The van der Waals surface area contributed by atoms with E-state index in [0.717, 1.165) is 16.9 Å². The van der Waals surface area contributed by atoms with Crippen molar-refractivity contribution in [3.05, 3.63) is 65.7 Å². The number of ether oxygens (including phenoxy) is 2. The predicted molar refractivity (Wildman–Crippen MR) is 94.1 cm³/mol. The number of hydrogen-bond acceptors (Lipinski definition) is 3. The summed E-state index contributed by atoms with van der Waals surface area (Å²) < 4.78 is 10.6. The Bertz CT molecular complexity index is 629. The van der Waals surface area contributed by atoms with Crippen LogP contribution in [0.4, 0.5) is 4.79 Å². The van der Waals surface area contributed by atoms with Crippen molar-refractivity contribution in [1.29, 1.82) is 0 Å². The van der Waals surface area contributed by atoms with Crippen molar-refractivity contribution in [2.75, 3.05) is 27.8 Å². The molecule has 0 aromatic heterocycles. The van der Waals surface area contributed by atoms with Gasteiger partial charge in [-0.3, -0.25) is 0 Å². The lowest BCUT2D eigenvalue weighted by atomic mass is 10.1. The number of urea groups is 1. The summed E-state index contributed by atoms with van der Waals surface area (Å²) in [5.74, 6) is 0.802. The van der Waals surface area contributed by atoms with Gasteiger partial charge in [0.25, 0.3) is 0 Å². The zero-order chi connectivity index (χ0) is 17.4. The van der Waals surface area contributed by atoms with Crippen LogP contribution in [-0.4, -0.2) is 38.7 Å². The molecule has 128 valence electrons. The van der Waals surface area contributed by atoms with Crippen molar-refractivity contribution in [3.63, 3.8) is 0 Å². The average Bonchev–Trinajstić information content (AvgIpc) is 2.63. The normalized spacial score (nSPS) is 11.6. The summed E-state index contributed by atoms with van der Waals surface area (Å²) in [6.45, 7) is 0.950. The molecular weight excluding hydrogens is 304 g/mol. The van der Waals surface area contributed by atoms with E-state index < -0.39 is 0 Å². The highest BCUT2D eigenvalue weighted by molar-refractivity contribution is 5.73. The van der Waals surface area contributed by atoms with Gasteiger partial charge in [0.1, 0.15) is 5.75 Å². The molecule has 1 atom stereocenters. The zero-order valence-corrected chi connectivity index (χ0v) is 14.4. The second-order valence-corrected chi connectivity index (χ2v) is 5.53. The maximum Gasteiger partial charge on any atom is 0.317 e. The third-order valence-electron chi connectivity index (χ3n) is 3.82. The summed E-state index contributed by atoms with van der Waals surface area (Å²) in [7, 11) is 5.04. The number of rotatable bonds is 7. The smallest absolute Gasteiger partial charge is 0.317 e. The molecule has 2 aromatic rings. The largest absolute Gasteiger partial charge is 0.497 e. The summed E-state index contributed by atoms with van der Waals surface area (Å²) in [5.41, 5.74) is 2.08. The van der Waals surface area contributed by atoms with Crippen LogP contribution in [0, 0.1) is 0 Å². The lowest BCUT2D eigenvalue weighted by molar-refractivity contribution is 0.102. The van der Waals surface area contributed by atoms with Gasteiger partial charge in [0, 0.05) is 27.2 Å². The fourth-order valence-corrected chi connectivity index (χ4v) is 2.40. The molecule has 0 fully saturated rings. The molecule has 0 spiro atoms.